The van der Waals surface area contributed by atoms with Crippen molar-refractivity contribution in [3.8, 4) is 0 Å². The van der Waals surface area contributed by atoms with Crippen molar-refractivity contribution in [2.24, 2.45) is 5.73 Å². The lowest BCUT2D eigenvalue weighted by molar-refractivity contribution is -0.130. The Morgan fingerprint density at radius 3 is 2.38 bits per heavy atom. The minimum atomic E-state index is 0.219. The fourth-order valence-corrected chi connectivity index (χ4v) is 1.47. The van der Waals surface area contributed by atoms with Crippen LogP contribution in [0.2, 0.25) is 0 Å². The van der Waals surface area contributed by atoms with Gasteiger partial charge in [-0.25, -0.2) is 0 Å². The SMILES string of the molecule is CCCCN(C)CCC(=O)N(C)CCCN. The Morgan fingerprint density at radius 1 is 1.12 bits per heavy atom. The third kappa shape index (κ3) is 7.65. The monoisotopic (exact) mass is 229 g/mol. The van der Waals surface area contributed by atoms with Crippen LogP contribution >= 0.6 is 0 Å². The first-order valence-corrected chi connectivity index (χ1v) is 6.24. The molecule has 0 fully saturated rings. The van der Waals surface area contributed by atoms with Crippen molar-refractivity contribution < 1.29 is 4.79 Å². The molecule has 0 spiro atoms. The first kappa shape index (κ1) is 15.4. The Morgan fingerprint density at radius 2 is 1.81 bits per heavy atom. The minimum absolute atomic E-state index is 0.219. The number of unbranched alkanes of at least 4 members (excludes halogenated alkanes) is 1. The van der Waals surface area contributed by atoms with Crippen molar-refractivity contribution in [1.29, 1.82) is 0 Å². The smallest absolute Gasteiger partial charge is 0.223 e. The maximum Gasteiger partial charge on any atom is 0.223 e. The second kappa shape index (κ2) is 9.60. The summed E-state index contributed by atoms with van der Waals surface area (Å²) in [5, 5.41) is 0. The molecule has 16 heavy (non-hydrogen) atoms. The first-order valence-electron chi connectivity index (χ1n) is 6.24. The molecular weight excluding hydrogens is 202 g/mol. The van der Waals surface area contributed by atoms with E-state index in [1.807, 2.05) is 7.05 Å². The van der Waals surface area contributed by atoms with Gasteiger partial charge in [-0.1, -0.05) is 13.3 Å². The predicted octanol–water partition coefficient (Wildman–Crippen LogP) is 0.916. The number of carbonyl (C=O) groups excluding carboxylic acids is 1. The van der Waals surface area contributed by atoms with Crippen molar-refractivity contribution in [2.45, 2.75) is 32.6 Å². The van der Waals surface area contributed by atoms with Gasteiger partial charge in [-0.3, -0.25) is 4.79 Å². The Balaban J connectivity index is 3.62. The molecule has 4 nitrogen and oxygen atoms in total. The number of hydrogen-bond donors (Lipinski definition) is 1. The van der Waals surface area contributed by atoms with Gasteiger partial charge >= 0.3 is 0 Å². The first-order chi connectivity index (χ1) is 7.61. The van der Waals surface area contributed by atoms with E-state index in [0.717, 1.165) is 26.1 Å². The van der Waals surface area contributed by atoms with E-state index in [4.69, 9.17) is 5.73 Å². The van der Waals surface area contributed by atoms with Crippen LogP contribution in [0.25, 0.3) is 0 Å². The van der Waals surface area contributed by atoms with E-state index in [1.165, 1.54) is 12.8 Å². The number of nitrogens with zero attached hydrogens (tertiary/aromatic N) is 2. The number of amides is 1. The topological polar surface area (TPSA) is 49.6 Å². The number of carbonyl (C=O) groups is 1. The van der Waals surface area contributed by atoms with Gasteiger partial charge in [0.2, 0.25) is 5.91 Å². The van der Waals surface area contributed by atoms with E-state index in [-0.39, 0.29) is 5.91 Å². The fraction of sp³-hybridized carbons (Fsp3) is 0.917. The molecule has 0 heterocycles. The Hall–Kier alpha value is -0.610. The van der Waals surface area contributed by atoms with Crippen molar-refractivity contribution in [3.63, 3.8) is 0 Å². The van der Waals surface area contributed by atoms with E-state index in [1.54, 1.807) is 4.90 Å². The molecule has 0 aliphatic carbocycles. The fourth-order valence-electron chi connectivity index (χ4n) is 1.47. The van der Waals surface area contributed by atoms with Gasteiger partial charge in [0.15, 0.2) is 0 Å². The molecule has 0 atom stereocenters. The molecule has 0 aliphatic rings. The van der Waals surface area contributed by atoms with E-state index in [9.17, 15) is 4.79 Å². The summed E-state index contributed by atoms with van der Waals surface area (Å²) < 4.78 is 0. The summed E-state index contributed by atoms with van der Waals surface area (Å²) in [4.78, 5) is 15.7. The highest BCUT2D eigenvalue weighted by Crippen LogP contribution is 1.97. The Bertz CT molecular complexity index is 185. The summed E-state index contributed by atoms with van der Waals surface area (Å²) in [5.74, 6) is 0.219. The molecule has 0 rings (SSSR count). The Kier molecular flexibility index (Phi) is 9.24. The maximum atomic E-state index is 11.7. The third-order valence-corrected chi connectivity index (χ3v) is 2.72. The highest BCUT2D eigenvalue weighted by atomic mass is 16.2. The van der Waals surface area contributed by atoms with Crippen LogP contribution < -0.4 is 5.73 Å². The predicted molar refractivity (Wildman–Crippen MR) is 68.3 cm³/mol. The second-order valence-electron chi connectivity index (χ2n) is 4.36. The quantitative estimate of drug-likeness (QED) is 0.639. The molecule has 2 N–H and O–H groups in total. The summed E-state index contributed by atoms with van der Waals surface area (Å²) in [5.41, 5.74) is 5.41. The molecule has 4 heteroatoms. The van der Waals surface area contributed by atoms with Gasteiger partial charge in [0.05, 0.1) is 0 Å². The van der Waals surface area contributed by atoms with Crippen LogP contribution in [0.5, 0.6) is 0 Å². The van der Waals surface area contributed by atoms with E-state index < -0.39 is 0 Å². The van der Waals surface area contributed by atoms with Gasteiger partial charge in [0.25, 0.3) is 0 Å². The summed E-state index contributed by atoms with van der Waals surface area (Å²) in [6, 6.07) is 0. The van der Waals surface area contributed by atoms with Crippen molar-refractivity contribution in [3.05, 3.63) is 0 Å². The van der Waals surface area contributed by atoms with Crippen LogP contribution in [0.4, 0.5) is 0 Å². The molecule has 0 aromatic rings. The molecule has 96 valence electrons. The van der Waals surface area contributed by atoms with E-state index in [2.05, 4.69) is 18.9 Å². The zero-order valence-electron chi connectivity index (χ0n) is 11.0. The average molecular weight is 229 g/mol. The van der Waals surface area contributed by atoms with E-state index >= 15 is 0 Å². The number of nitrogens with two attached hydrogens (primary N) is 1. The van der Waals surface area contributed by atoms with Crippen LogP contribution in [0, 0.1) is 0 Å². The van der Waals surface area contributed by atoms with Crippen LogP contribution in [-0.2, 0) is 4.79 Å². The molecular formula is C12H27N3O. The van der Waals surface area contributed by atoms with Crippen molar-refractivity contribution >= 4 is 5.91 Å². The van der Waals surface area contributed by atoms with Crippen LogP contribution in [-0.4, -0.2) is 56.0 Å². The van der Waals surface area contributed by atoms with Crippen molar-refractivity contribution in [2.75, 3.05) is 40.3 Å². The molecule has 0 aromatic heterocycles. The highest BCUT2D eigenvalue weighted by Gasteiger charge is 2.08. The molecule has 0 saturated heterocycles. The van der Waals surface area contributed by atoms with Gasteiger partial charge in [-0.2, -0.15) is 0 Å². The lowest BCUT2D eigenvalue weighted by Crippen LogP contribution is -2.32. The van der Waals surface area contributed by atoms with Crippen LogP contribution in [0.3, 0.4) is 0 Å². The van der Waals surface area contributed by atoms with Gasteiger partial charge in [0.1, 0.15) is 0 Å². The van der Waals surface area contributed by atoms with Crippen molar-refractivity contribution in [1.82, 2.24) is 9.80 Å². The number of hydrogen-bond acceptors (Lipinski definition) is 3. The zero-order chi connectivity index (χ0) is 12.4. The Labute approximate surface area is 99.8 Å². The summed E-state index contributed by atoms with van der Waals surface area (Å²) in [7, 11) is 3.92. The summed E-state index contributed by atoms with van der Waals surface area (Å²) >= 11 is 0. The normalized spacial score (nSPS) is 10.8. The van der Waals surface area contributed by atoms with Gasteiger partial charge in [-0.15, -0.1) is 0 Å². The largest absolute Gasteiger partial charge is 0.346 e. The standard InChI is InChI=1S/C12H27N3O/c1-4-5-9-14(2)11-7-12(16)15(3)10-6-8-13/h4-11,13H2,1-3H3. The van der Waals surface area contributed by atoms with Gasteiger partial charge in [0, 0.05) is 26.6 Å². The lowest BCUT2D eigenvalue weighted by Gasteiger charge is -2.20. The van der Waals surface area contributed by atoms with Gasteiger partial charge in [-0.05, 0) is 33.0 Å². The lowest BCUT2D eigenvalue weighted by atomic mass is 10.3. The third-order valence-electron chi connectivity index (χ3n) is 2.72. The van der Waals surface area contributed by atoms with Crippen LogP contribution in [0.1, 0.15) is 32.6 Å². The molecule has 1 amide bonds. The molecule has 0 aliphatic heterocycles. The second-order valence-corrected chi connectivity index (χ2v) is 4.36. The van der Waals surface area contributed by atoms with E-state index in [0.29, 0.717) is 13.0 Å². The summed E-state index contributed by atoms with van der Waals surface area (Å²) in [6.45, 7) is 5.53. The zero-order valence-corrected chi connectivity index (χ0v) is 11.0. The highest BCUT2D eigenvalue weighted by molar-refractivity contribution is 5.76. The average Bonchev–Trinajstić information content (AvgIpc) is 2.30. The minimum Gasteiger partial charge on any atom is -0.346 e. The molecule has 0 unspecified atom stereocenters. The molecule has 0 bridgehead atoms. The summed E-state index contributed by atoms with van der Waals surface area (Å²) in [6.07, 6.45) is 3.90. The maximum absolute atomic E-state index is 11.7. The van der Waals surface area contributed by atoms with Crippen LogP contribution in [0.15, 0.2) is 0 Å². The molecule has 0 radical (unpaired) electrons. The molecule has 0 saturated carbocycles. The molecule has 0 aromatic carbocycles. The number of rotatable bonds is 9. The van der Waals surface area contributed by atoms with Gasteiger partial charge < -0.3 is 15.5 Å².